The van der Waals surface area contributed by atoms with Crippen molar-refractivity contribution in [2.45, 2.75) is 54.9 Å². The molecule has 2 bridgehead atoms. The Morgan fingerprint density at radius 3 is 1.98 bits per heavy atom. The van der Waals surface area contributed by atoms with Crippen LogP contribution in [0.1, 0.15) is 30.4 Å². The van der Waals surface area contributed by atoms with Crippen LogP contribution in [0.5, 0.6) is 11.5 Å². The van der Waals surface area contributed by atoms with Gasteiger partial charge in [0.25, 0.3) is 0 Å². The zero-order valence-electron chi connectivity index (χ0n) is 27.3. The van der Waals surface area contributed by atoms with E-state index in [4.69, 9.17) is 42.6 Å². The summed E-state index contributed by atoms with van der Waals surface area (Å²) in [5.41, 5.74) is 0.592. The van der Waals surface area contributed by atoms with Crippen LogP contribution < -0.4 is 4.74 Å². The zero-order chi connectivity index (χ0) is 32.2. The van der Waals surface area contributed by atoms with Gasteiger partial charge in [0, 0.05) is 25.3 Å². The number of nitrogens with zero attached hydrogens (tertiary/aromatic N) is 1. The molecule has 0 amide bonds. The summed E-state index contributed by atoms with van der Waals surface area (Å²) in [6.45, 7) is 12.6. The zero-order valence-corrected chi connectivity index (χ0v) is 27.3. The van der Waals surface area contributed by atoms with E-state index in [0.29, 0.717) is 111 Å². The van der Waals surface area contributed by atoms with Crippen molar-refractivity contribution in [3.63, 3.8) is 0 Å². The van der Waals surface area contributed by atoms with Crippen molar-refractivity contribution < 1.29 is 52.8 Å². The lowest BCUT2D eigenvalue weighted by Crippen LogP contribution is -2.77. The minimum atomic E-state index is -0.954. The van der Waals surface area contributed by atoms with Crippen LogP contribution >= 0.6 is 0 Å². The number of likely N-dealkylation sites (tertiary alicyclic amines) is 1. The van der Waals surface area contributed by atoms with E-state index in [-0.39, 0.29) is 24.0 Å². The molecule has 260 valence electrons. The van der Waals surface area contributed by atoms with Gasteiger partial charge in [-0.15, -0.1) is 6.58 Å². The van der Waals surface area contributed by atoms with E-state index in [1.807, 2.05) is 12.1 Å². The van der Waals surface area contributed by atoms with Crippen molar-refractivity contribution in [3.8, 4) is 11.5 Å². The Labute approximate surface area is 272 Å². The van der Waals surface area contributed by atoms with Crippen molar-refractivity contribution in [1.29, 1.82) is 0 Å². The van der Waals surface area contributed by atoms with E-state index >= 15 is 0 Å². The van der Waals surface area contributed by atoms with Crippen LogP contribution in [0, 0.1) is 0 Å². The number of aliphatic hydroxyl groups is 1. The summed E-state index contributed by atoms with van der Waals surface area (Å²) in [4.78, 5) is 2.35. The quantitative estimate of drug-likeness (QED) is 0.125. The highest BCUT2D eigenvalue weighted by atomic mass is 16.6. The van der Waals surface area contributed by atoms with E-state index in [1.54, 1.807) is 13.2 Å². The summed E-state index contributed by atoms with van der Waals surface area (Å²) in [6, 6.07) is 3.69. The number of benzene rings is 1. The Hall–Kier alpha value is -1.84. The molecule has 5 atom stereocenters. The van der Waals surface area contributed by atoms with Gasteiger partial charge in [-0.25, -0.2) is 0 Å². The molecule has 2 fully saturated rings. The van der Waals surface area contributed by atoms with Gasteiger partial charge in [-0.05, 0) is 43.9 Å². The van der Waals surface area contributed by atoms with Gasteiger partial charge in [-0.3, -0.25) is 4.90 Å². The lowest BCUT2D eigenvalue weighted by Gasteiger charge is -2.64. The Balaban J connectivity index is 0.930. The predicted octanol–water partition coefficient (Wildman–Crippen LogP) is 1.86. The Morgan fingerprint density at radius 1 is 0.848 bits per heavy atom. The van der Waals surface area contributed by atoms with Gasteiger partial charge in [-0.2, -0.15) is 0 Å². The van der Waals surface area contributed by atoms with E-state index in [9.17, 15) is 10.2 Å². The Kier molecular flexibility index (Phi) is 13.5. The maximum atomic E-state index is 12.4. The van der Waals surface area contributed by atoms with Crippen LogP contribution in [0.4, 0.5) is 0 Å². The molecule has 1 aromatic carbocycles. The largest absolute Gasteiger partial charge is 0.504 e. The van der Waals surface area contributed by atoms with E-state index in [0.717, 1.165) is 37.1 Å². The third-order valence-electron chi connectivity index (χ3n) is 9.73. The highest BCUT2D eigenvalue weighted by Crippen LogP contribution is 2.65. The first-order chi connectivity index (χ1) is 22.6. The number of hydrogen-bond donors (Lipinski definition) is 2. The predicted molar refractivity (Wildman–Crippen MR) is 169 cm³/mol. The fourth-order valence-corrected chi connectivity index (χ4v) is 7.74. The van der Waals surface area contributed by atoms with Crippen LogP contribution in [0.3, 0.4) is 0 Å². The summed E-state index contributed by atoms with van der Waals surface area (Å²) >= 11 is 0. The Bertz CT molecular complexity index is 1090. The third-order valence-corrected chi connectivity index (χ3v) is 9.73. The molecular formula is C34H53NO11. The van der Waals surface area contributed by atoms with Gasteiger partial charge < -0.3 is 52.8 Å². The van der Waals surface area contributed by atoms with Crippen LogP contribution in [0.2, 0.25) is 0 Å². The molecular weight excluding hydrogens is 598 g/mol. The monoisotopic (exact) mass is 651 g/mol. The third kappa shape index (κ3) is 7.72. The van der Waals surface area contributed by atoms with Crippen molar-refractivity contribution >= 4 is 0 Å². The molecule has 1 aromatic rings. The SMILES string of the molecule is C=CCN1CC[C@]23c4c5ccc(O)c4O[C@H]2C(OCCOCCOCCOCCOCCOCCOCCOC)CC[C@@]3(O)[C@H]1C5. The first-order valence-electron chi connectivity index (χ1n) is 16.7. The molecule has 2 aliphatic carbocycles. The molecule has 12 heteroatoms. The second kappa shape index (κ2) is 17.5. The molecule has 2 aliphatic heterocycles. The Morgan fingerprint density at radius 2 is 1.41 bits per heavy atom. The number of phenolic OH excluding ortho intramolecular Hbond substituents is 1. The second-order valence-corrected chi connectivity index (χ2v) is 12.3. The smallest absolute Gasteiger partial charge is 0.165 e. The number of phenols is 1. The van der Waals surface area contributed by atoms with Gasteiger partial charge in [0.15, 0.2) is 11.5 Å². The maximum absolute atomic E-state index is 12.4. The van der Waals surface area contributed by atoms with Gasteiger partial charge in [-0.1, -0.05) is 12.1 Å². The first kappa shape index (κ1) is 35.5. The minimum absolute atomic E-state index is 0.0238. The van der Waals surface area contributed by atoms with Gasteiger partial charge >= 0.3 is 0 Å². The molecule has 12 nitrogen and oxygen atoms in total. The minimum Gasteiger partial charge on any atom is -0.504 e. The molecule has 1 spiro atoms. The number of methoxy groups -OCH3 is 1. The normalized spacial score (nSPS) is 27.8. The van der Waals surface area contributed by atoms with Crippen molar-refractivity contribution in [1.82, 2.24) is 4.90 Å². The van der Waals surface area contributed by atoms with Gasteiger partial charge in [0.05, 0.1) is 110 Å². The number of ether oxygens (including phenoxy) is 9. The van der Waals surface area contributed by atoms with Crippen LogP contribution in [-0.4, -0.2) is 152 Å². The number of aromatic hydroxyl groups is 1. The van der Waals surface area contributed by atoms with Crippen LogP contribution in [-0.2, 0) is 49.7 Å². The molecule has 46 heavy (non-hydrogen) atoms. The molecule has 1 saturated carbocycles. The number of rotatable bonds is 24. The summed E-state index contributed by atoms with van der Waals surface area (Å²) in [6.07, 6.45) is 4.12. The van der Waals surface area contributed by atoms with Gasteiger partial charge in [0.1, 0.15) is 6.10 Å². The molecule has 5 rings (SSSR count). The highest BCUT2D eigenvalue weighted by molar-refractivity contribution is 5.62. The highest BCUT2D eigenvalue weighted by Gasteiger charge is 2.73. The molecule has 1 unspecified atom stereocenters. The molecule has 2 heterocycles. The summed E-state index contributed by atoms with van der Waals surface area (Å²) < 4.78 is 50.9. The fraction of sp³-hybridized carbons (Fsp3) is 0.765. The van der Waals surface area contributed by atoms with E-state index < -0.39 is 11.0 Å². The van der Waals surface area contributed by atoms with Crippen molar-refractivity contribution in [3.05, 3.63) is 35.9 Å². The van der Waals surface area contributed by atoms with Crippen molar-refractivity contribution in [2.24, 2.45) is 0 Å². The molecule has 0 aromatic heterocycles. The molecule has 2 N–H and O–H groups in total. The maximum Gasteiger partial charge on any atom is 0.165 e. The topological polar surface area (TPSA) is 127 Å². The van der Waals surface area contributed by atoms with Crippen LogP contribution in [0.15, 0.2) is 24.8 Å². The fourth-order valence-electron chi connectivity index (χ4n) is 7.74. The number of piperidine rings is 1. The standard InChI is InChI=1S/C34H53NO11/c1-3-9-35-10-8-33-30-26-4-5-27(36)31(30)46-32(33)28(6-7-34(33,37)29(35)25-26)45-24-23-44-22-21-43-20-19-42-18-17-41-16-15-40-14-13-39-12-11-38-2/h3-5,28-29,32,36-37H,1,6-25H2,2H3/t28?,29-,32+,33+,34-/m1/s1. The lowest BCUT2D eigenvalue weighted by molar-refractivity contribution is -0.215. The average Bonchev–Trinajstić information content (AvgIpc) is 3.41. The van der Waals surface area contributed by atoms with Gasteiger partial charge in [0.2, 0.25) is 0 Å². The second-order valence-electron chi connectivity index (χ2n) is 12.3. The molecule has 0 radical (unpaired) electrons. The van der Waals surface area contributed by atoms with Crippen LogP contribution in [0.25, 0.3) is 0 Å². The summed E-state index contributed by atoms with van der Waals surface area (Å²) in [5, 5.41) is 23.1. The summed E-state index contributed by atoms with van der Waals surface area (Å²) in [5.74, 6) is 0.660. The van der Waals surface area contributed by atoms with E-state index in [2.05, 4.69) is 11.5 Å². The molecule has 4 aliphatic rings. The number of hydrogen-bond acceptors (Lipinski definition) is 12. The molecule has 1 saturated heterocycles. The summed E-state index contributed by atoms with van der Waals surface area (Å²) in [7, 11) is 1.65. The lowest BCUT2D eigenvalue weighted by atomic mass is 9.48. The average molecular weight is 652 g/mol. The van der Waals surface area contributed by atoms with Crippen molar-refractivity contribution in [2.75, 3.05) is 113 Å². The van der Waals surface area contributed by atoms with E-state index in [1.165, 1.54) is 0 Å². The first-order valence-corrected chi connectivity index (χ1v) is 16.7.